The molecule has 6 rings (SSSR count). The average Bonchev–Trinajstić information content (AvgIpc) is 3.04. The van der Waals surface area contributed by atoms with Crippen molar-refractivity contribution < 1.29 is 14.3 Å². The fourth-order valence-electron chi connectivity index (χ4n) is 8.34. The molecular weight excluding hydrogens is 336 g/mol. The number of carbonyl (C=O) groups is 2. The summed E-state index contributed by atoms with van der Waals surface area (Å²) in [5, 5.41) is 0. The lowest BCUT2D eigenvalue weighted by Gasteiger charge is -2.61. The van der Waals surface area contributed by atoms with Crippen molar-refractivity contribution in [2.75, 3.05) is 0 Å². The molecule has 27 heavy (non-hydrogen) atoms. The minimum Gasteiger partial charge on any atom is -0.393 e. The molecule has 0 amide bonds. The summed E-state index contributed by atoms with van der Waals surface area (Å²) in [4.78, 5) is 25.2. The van der Waals surface area contributed by atoms with E-state index >= 15 is 0 Å². The van der Waals surface area contributed by atoms with Gasteiger partial charge in [0.2, 0.25) is 0 Å². The molecule has 6 aliphatic carbocycles. The fraction of sp³-hybridized carbons (Fsp3) is 0.833. The van der Waals surface area contributed by atoms with Gasteiger partial charge in [0.05, 0.1) is 11.3 Å². The third-order valence-electron chi connectivity index (χ3n) is 9.77. The standard InChI is InChI=1S/C24H34O3/c1-14(2)19(25)27-20(26)22(4)9-6-8-21(3)17(22)7-10-24-12-16-15(11-18(21)24)23(16,5)13-24/h11,14-17H,6-10,12-13H2,1-5H3/t15-,16+,17+,21-,22-,23+,24+/m1/s1. The monoisotopic (exact) mass is 370 g/mol. The van der Waals surface area contributed by atoms with Gasteiger partial charge >= 0.3 is 11.9 Å². The van der Waals surface area contributed by atoms with Gasteiger partial charge in [-0.05, 0) is 79.4 Å². The zero-order valence-corrected chi connectivity index (χ0v) is 17.6. The second kappa shape index (κ2) is 5.07. The summed E-state index contributed by atoms with van der Waals surface area (Å²) in [5.74, 6) is 1.09. The van der Waals surface area contributed by atoms with E-state index in [0.29, 0.717) is 16.7 Å². The van der Waals surface area contributed by atoms with Crippen molar-refractivity contribution in [3.05, 3.63) is 11.6 Å². The van der Waals surface area contributed by atoms with E-state index in [1.54, 1.807) is 19.4 Å². The van der Waals surface area contributed by atoms with Gasteiger partial charge in [-0.1, -0.05) is 45.8 Å². The normalized spacial score (nSPS) is 51.9. The number of allylic oxidation sites excluding steroid dienone is 2. The van der Waals surface area contributed by atoms with Gasteiger partial charge in [0, 0.05) is 0 Å². The molecule has 7 atom stereocenters. The second-order valence-corrected chi connectivity index (χ2v) is 11.5. The quantitative estimate of drug-likeness (QED) is 0.377. The van der Waals surface area contributed by atoms with Crippen molar-refractivity contribution in [3.8, 4) is 0 Å². The van der Waals surface area contributed by atoms with Crippen LogP contribution in [0.3, 0.4) is 0 Å². The van der Waals surface area contributed by atoms with Gasteiger partial charge in [-0.2, -0.15) is 0 Å². The third kappa shape index (κ3) is 2.04. The van der Waals surface area contributed by atoms with E-state index in [9.17, 15) is 9.59 Å². The fourth-order valence-corrected chi connectivity index (χ4v) is 8.34. The lowest BCUT2D eigenvalue weighted by atomic mass is 9.43. The van der Waals surface area contributed by atoms with E-state index in [1.165, 1.54) is 25.7 Å². The highest BCUT2D eigenvalue weighted by Crippen LogP contribution is 2.83. The van der Waals surface area contributed by atoms with Crippen LogP contribution in [-0.4, -0.2) is 11.9 Å². The molecule has 3 heteroatoms. The Balaban J connectivity index is 1.49. The van der Waals surface area contributed by atoms with Crippen molar-refractivity contribution in [2.24, 2.45) is 45.3 Å². The van der Waals surface area contributed by atoms with Gasteiger partial charge in [-0.3, -0.25) is 9.59 Å². The summed E-state index contributed by atoms with van der Waals surface area (Å²) < 4.78 is 5.37. The minimum atomic E-state index is -0.534. The Kier molecular flexibility index (Phi) is 3.37. The number of ether oxygens (including phenoxy) is 1. The van der Waals surface area contributed by atoms with Crippen molar-refractivity contribution >= 4 is 11.9 Å². The van der Waals surface area contributed by atoms with E-state index < -0.39 is 5.41 Å². The maximum absolute atomic E-state index is 13.1. The summed E-state index contributed by atoms with van der Waals surface area (Å²) in [5.41, 5.74) is 2.24. The van der Waals surface area contributed by atoms with Gasteiger partial charge in [0.25, 0.3) is 0 Å². The van der Waals surface area contributed by atoms with Crippen LogP contribution >= 0.6 is 0 Å². The van der Waals surface area contributed by atoms with Crippen LogP contribution in [0.25, 0.3) is 0 Å². The summed E-state index contributed by atoms with van der Waals surface area (Å²) in [6, 6.07) is 0. The van der Waals surface area contributed by atoms with Crippen LogP contribution in [0.15, 0.2) is 11.6 Å². The number of hydrogen-bond donors (Lipinski definition) is 0. The van der Waals surface area contributed by atoms with Gasteiger partial charge in [-0.15, -0.1) is 0 Å². The van der Waals surface area contributed by atoms with Crippen LogP contribution in [0.1, 0.15) is 79.6 Å². The van der Waals surface area contributed by atoms with E-state index in [4.69, 9.17) is 4.74 Å². The Morgan fingerprint density at radius 3 is 2.52 bits per heavy atom. The predicted octanol–water partition coefficient (Wildman–Crippen LogP) is 5.29. The number of esters is 2. The Bertz CT molecular complexity index is 766. The molecule has 1 spiro atoms. The summed E-state index contributed by atoms with van der Waals surface area (Å²) in [7, 11) is 0. The number of hydrogen-bond acceptors (Lipinski definition) is 3. The highest BCUT2D eigenvalue weighted by atomic mass is 16.6. The Hall–Kier alpha value is -1.12. The van der Waals surface area contributed by atoms with Gasteiger partial charge in [0.1, 0.15) is 0 Å². The lowest BCUT2D eigenvalue weighted by Crippen LogP contribution is -2.55. The van der Waals surface area contributed by atoms with Crippen molar-refractivity contribution in [1.82, 2.24) is 0 Å². The molecule has 0 heterocycles. The van der Waals surface area contributed by atoms with E-state index in [0.717, 1.165) is 31.1 Å². The molecular formula is C24H34O3. The van der Waals surface area contributed by atoms with Crippen molar-refractivity contribution in [1.29, 1.82) is 0 Å². The first kappa shape index (κ1) is 17.9. The van der Waals surface area contributed by atoms with Crippen LogP contribution in [0.4, 0.5) is 0 Å². The Morgan fingerprint density at radius 2 is 1.89 bits per heavy atom. The lowest BCUT2D eigenvalue weighted by molar-refractivity contribution is -0.178. The molecule has 4 bridgehead atoms. The highest BCUT2D eigenvalue weighted by molar-refractivity contribution is 5.89. The molecule has 0 radical (unpaired) electrons. The zero-order chi connectivity index (χ0) is 19.4. The first-order valence-corrected chi connectivity index (χ1v) is 11.1. The molecule has 148 valence electrons. The van der Waals surface area contributed by atoms with Crippen LogP contribution < -0.4 is 0 Å². The average molecular weight is 371 g/mol. The molecule has 0 saturated heterocycles. The number of carbonyl (C=O) groups excluding carboxylic acids is 2. The van der Waals surface area contributed by atoms with Crippen LogP contribution in [0.2, 0.25) is 0 Å². The largest absolute Gasteiger partial charge is 0.393 e. The molecule has 0 aliphatic heterocycles. The molecule has 0 unspecified atom stereocenters. The molecule has 3 nitrogen and oxygen atoms in total. The van der Waals surface area contributed by atoms with E-state index in [2.05, 4.69) is 26.8 Å². The molecule has 6 aliphatic rings. The Labute approximate surface area is 163 Å². The first-order valence-electron chi connectivity index (χ1n) is 11.1. The summed E-state index contributed by atoms with van der Waals surface area (Å²) >= 11 is 0. The minimum absolute atomic E-state index is 0.0973. The molecule has 0 N–H and O–H groups in total. The summed E-state index contributed by atoms with van der Waals surface area (Å²) in [6.45, 7) is 10.6. The molecule has 4 saturated carbocycles. The second-order valence-electron chi connectivity index (χ2n) is 11.5. The number of rotatable bonds is 2. The SMILES string of the molecule is CC(C)C(=O)OC(=O)[C@]1(C)CCC[C@@]2(C)C3=C[C@@H]4[C@@H]5C[C@@]3(CC[C@H]12)C[C@@]45C. The van der Waals surface area contributed by atoms with Crippen LogP contribution in [0.5, 0.6) is 0 Å². The van der Waals surface area contributed by atoms with Crippen LogP contribution in [-0.2, 0) is 14.3 Å². The van der Waals surface area contributed by atoms with Crippen molar-refractivity contribution in [2.45, 2.75) is 79.6 Å². The molecule has 0 aromatic rings. The van der Waals surface area contributed by atoms with Gasteiger partial charge in [-0.25, -0.2) is 0 Å². The van der Waals surface area contributed by atoms with E-state index in [1.807, 2.05) is 0 Å². The van der Waals surface area contributed by atoms with Gasteiger partial charge in [0.15, 0.2) is 0 Å². The third-order valence-corrected chi connectivity index (χ3v) is 9.77. The zero-order valence-electron chi connectivity index (χ0n) is 17.6. The molecule has 0 aromatic carbocycles. The van der Waals surface area contributed by atoms with Crippen molar-refractivity contribution in [3.63, 3.8) is 0 Å². The maximum Gasteiger partial charge on any atom is 0.319 e. The smallest absolute Gasteiger partial charge is 0.319 e. The Morgan fingerprint density at radius 1 is 1.15 bits per heavy atom. The topological polar surface area (TPSA) is 43.4 Å². The van der Waals surface area contributed by atoms with Gasteiger partial charge < -0.3 is 4.74 Å². The molecule has 4 fully saturated rings. The summed E-state index contributed by atoms with van der Waals surface area (Å²) in [6.07, 6.45) is 10.8. The van der Waals surface area contributed by atoms with Crippen LogP contribution in [0, 0.1) is 45.3 Å². The first-order chi connectivity index (χ1) is 12.6. The predicted molar refractivity (Wildman–Crippen MR) is 104 cm³/mol. The maximum atomic E-state index is 13.1. The number of fused-ring (bicyclic) bond motifs is 1. The molecule has 0 aromatic heterocycles. The van der Waals surface area contributed by atoms with E-state index in [-0.39, 0.29) is 23.3 Å². The highest BCUT2D eigenvalue weighted by Gasteiger charge is 2.75.